The first-order valence-corrected chi connectivity index (χ1v) is 17.2. The first-order valence-electron chi connectivity index (χ1n) is 17.2. The minimum Gasteiger partial charge on any atom is -0.496 e. The third kappa shape index (κ3) is 7.90. The molecule has 0 bridgehead atoms. The molecule has 0 atom stereocenters. The maximum absolute atomic E-state index is 5.73. The Morgan fingerprint density at radius 2 is 1.55 bits per heavy atom. The van der Waals surface area contributed by atoms with Gasteiger partial charge in [-0.25, -0.2) is 0 Å². The predicted octanol–water partition coefficient (Wildman–Crippen LogP) is 8.79. The van der Waals surface area contributed by atoms with Gasteiger partial charge < -0.3 is 24.4 Å². The molecule has 1 N–H and O–H groups in total. The molecular weight excluding hydrogens is 582 g/mol. The normalized spacial score (nSPS) is 15.2. The smallest absolute Gasteiger partial charge is 0.183 e. The lowest BCUT2D eigenvalue weighted by molar-refractivity contribution is -0.140. The molecule has 1 fully saturated rings. The highest BCUT2D eigenvalue weighted by atomic mass is 16.7. The highest BCUT2D eigenvalue weighted by Gasteiger charge is 2.24. The quantitative estimate of drug-likeness (QED) is 0.140. The molecule has 0 amide bonds. The van der Waals surface area contributed by atoms with Crippen molar-refractivity contribution in [1.82, 2.24) is 4.90 Å². The van der Waals surface area contributed by atoms with Gasteiger partial charge in [0.2, 0.25) is 0 Å². The zero-order valence-corrected chi connectivity index (χ0v) is 28.2. The molecule has 0 saturated carbocycles. The van der Waals surface area contributed by atoms with E-state index in [-0.39, 0.29) is 6.29 Å². The van der Waals surface area contributed by atoms with Crippen LogP contribution in [-0.2, 0) is 29.0 Å². The number of likely N-dealkylation sites (tertiary alicyclic amines) is 1. The van der Waals surface area contributed by atoms with Crippen LogP contribution in [0, 0.1) is 0 Å². The lowest BCUT2D eigenvalue weighted by Crippen LogP contribution is -2.32. The summed E-state index contributed by atoms with van der Waals surface area (Å²) in [5, 5.41) is 3.61. The standard InChI is InChI=1S/C41H49N3O3/c1-5-46-41(47-6-2)35-17-11-31(12-18-35)28-42-37-19-20-39-36(27-37)23-26-44(39)30(3)33-15-13-32(14-16-33)29-43-24-21-34(22-25-43)38-9-7-8-10-40(38)45-4/h7-20,27,34,41-42H,3,5-6,21-26,28-29H2,1-2,4H3. The average Bonchev–Trinajstić information content (AvgIpc) is 3.54. The van der Waals surface area contributed by atoms with Crippen molar-refractivity contribution in [2.45, 2.75) is 58.4 Å². The molecule has 4 aromatic carbocycles. The second-order valence-electron chi connectivity index (χ2n) is 12.5. The highest BCUT2D eigenvalue weighted by molar-refractivity contribution is 5.82. The predicted molar refractivity (Wildman–Crippen MR) is 193 cm³/mol. The lowest BCUT2D eigenvalue weighted by Gasteiger charge is -2.32. The molecular formula is C41H49N3O3. The van der Waals surface area contributed by atoms with Gasteiger partial charge in [0.1, 0.15) is 5.75 Å². The van der Waals surface area contributed by atoms with Gasteiger partial charge in [0.25, 0.3) is 0 Å². The molecule has 0 radical (unpaired) electrons. The van der Waals surface area contributed by atoms with E-state index in [1.54, 1.807) is 7.11 Å². The Balaban J connectivity index is 1.00. The third-order valence-electron chi connectivity index (χ3n) is 9.55. The van der Waals surface area contributed by atoms with E-state index in [1.807, 2.05) is 13.8 Å². The molecule has 0 spiro atoms. The van der Waals surface area contributed by atoms with Crippen molar-refractivity contribution in [2.24, 2.45) is 0 Å². The van der Waals surface area contributed by atoms with Crippen molar-refractivity contribution in [3.05, 3.63) is 131 Å². The van der Waals surface area contributed by atoms with Crippen molar-refractivity contribution in [1.29, 1.82) is 0 Å². The number of nitrogens with one attached hydrogen (secondary N) is 1. The number of rotatable bonds is 14. The van der Waals surface area contributed by atoms with E-state index in [4.69, 9.17) is 14.2 Å². The Kier molecular flexibility index (Phi) is 10.9. The van der Waals surface area contributed by atoms with Crippen LogP contribution in [0.4, 0.5) is 11.4 Å². The molecule has 1 saturated heterocycles. The van der Waals surface area contributed by atoms with Crippen molar-refractivity contribution < 1.29 is 14.2 Å². The summed E-state index contributed by atoms with van der Waals surface area (Å²) in [7, 11) is 1.77. The number of hydrogen-bond acceptors (Lipinski definition) is 6. The van der Waals surface area contributed by atoms with Crippen LogP contribution < -0.4 is 15.0 Å². The van der Waals surface area contributed by atoms with Crippen molar-refractivity contribution in [3.8, 4) is 5.75 Å². The van der Waals surface area contributed by atoms with E-state index in [2.05, 4.69) is 113 Å². The Morgan fingerprint density at radius 3 is 2.26 bits per heavy atom. The minimum atomic E-state index is -0.307. The summed E-state index contributed by atoms with van der Waals surface area (Å²) in [6, 6.07) is 32.7. The van der Waals surface area contributed by atoms with Crippen LogP contribution in [0.1, 0.15) is 72.3 Å². The van der Waals surface area contributed by atoms with Gasteiger partial charge in [-0.2, -0.15) is 0 Å². The second-order valence-corrected chi connectivity index (χ2v) is 12.5. The fourth-order valence-corrected chi connectivity index (χ4v) is 6.95. The van der Waals surface area contributed by atoms with Crippen LogP contribution in [-0.4, -0.2) is 44.9 Å². The van der Waals surface area contributed by atoms with Crippen molar-refractivity contribution in [2.75, 3.05) is 50.2 Å². The number of nitrogens with zero attached hydrogens (tertiary/aromatic N) is 2. The van der Waals surface area contributed by atoms with Crippen molar-refractivity contribution in [3.63, 3.8) is 0 Å². The molecule has 2 aliphatic heterocycles. The molecule has 0 aromatic heterocycles. The van der Waals surface area contributed by atoms with Crippen LogP contribution in [0.15, 0.2) is 97.6 Å². The summed E-state index contributed by atoms with van der Waals surface area (Å²) < 4.78 is 17.1. The van der Waals surface area contributed by atoms with Crippen LogP contribution in [0.2, 0.25) is 0 Å². The number of piperidine rings is 1. The molecule has 246 valence electrons. The molecule has 4 aromatic rings. The molecule has 6 heteroatoms. The monoisotopic (exact) mass is 631 g/mol. The van der Waals surface area contributed by atoms with Gasteiger partial charge in [-0.15, -0.1) is 0 Å². The number of para-hydroxylation sites is 1. The lowest BCUT2D eigenvalue weighted by atomic mass is 9.88. The summed E-state index contributed by atoms with van der Waals surface area (Å²) in [6.07, 6.45) is 3.03. The Bertz CT molecular complexity index is 1600. The van der Waals surface area contributed by atoms with Gasteiger partial charge >= 0.3 is 0 Å². The first-order chi connectivity index (χ1) is 23.1. The second kappa shape index (κ2) is 15.7. The van der Waals surface area contributed by atoms with E-state index >= 15 is 0 Å². The van der Waals surface area contributed by atoms with E-state index in [0.29, 0.717) is 19.1 Å². The summed E-state index contributed by atoms with van der Waals surface area (Å²) in [6.45, 7) is 14.6. The molecule has 0 unspecified atom stereocenters. The summed E-state index contributed by atoms with van der Waals surface area (Å²) in [5.41, 5.74) is 11.0. The third-order valence-corrected chi connectivity index (χ3v) is 9.55. The molecule has 2 heterocycles. The van der Waals surface area contributed by atoms with E-state index < -0.39 is 0 Å². The fraction of sp³-hybridized carbons (Fsp3) is 0.366. The first kappa shape index (κ1) is 32.8. The van der Waals surface area contributed by atoms with E-state index in [0.717, 1.165) is 74.7 Å². The van der Waals surface area contributed by atoms with Gasteiger partial charge in [0.05, 0.1) is 7.11 Å². The molecule has 6 rings (SSSR count). The topological polar surface area (TPSA) is 46.2 Å². The van der Waals surface area contributed by atoms with Crippen LogP contribution in [0.3, 0.4) is 0 Å². The van der Waals surface area contributed by atoms with Crippen molar-refractivity contribution >= 4 is 17.1 Å². The number of hydrogen-bond donors (Lipinski definition) is 1. The van der Waals surface area contributed by atoms with E-state index in [9.17, 15) is 0 Å². The molecule has 6 nitrogen and oxygen atoms in total. The molecule has 2 aliphatic rings. The van der Waals surface area contributed by atoms with Gasteiger partial charge in [-0.3, -0.25) is 4.90 Å². The SMILES string of the molecule is C=C(c1ccc(CN2CCC(c3ccccc3OC)CC2)cc1)N1CCc2cc(NCc3ccc(C(OCC)OCC)cc3)ccc21. The average molecular weight is 632 g/mol. The van der Waals surface area contributed by atoms with Gasteiger partial charge in [-0.1, -0.05) is 73.3 Å². The fourth-order valence-electron chi connectivity index (χ4n) is 6.95. The van der Waals surface area contributed by atoms with E-state index in [1.165, 1.54) is 33.5 Å². The van der Waals surface area contributed by atoms with Crippen LogP contribution in [0.5, 0.6) is 5.75 Å². The number of methoxy groups -OCH3 is 1. The van der Waals surface area contributed by atoms with Gasteiger partial charge in [0.15, 0.2) is 6.29 Å². The largest absolute Gasteiger partial charge is 0.496 e. The Hall–Kier alpha value is -4.10. The number of fused-ring (bicyclic) bond motifs is 1. The number of ether oxygens (including phenoxy) is 3. The zero-order valence-electron chi connectivity index (χ0n) is 28.2. The Labute approximate surface area is 281 Å². The number of anilines is 2. The highest BCUT2D eigenvalue weighted by Crippen LogP contribution is 2.37. The number of benzene rings is 4. The van der Waals surface area contributed by atoms with Crippen LogP contribution >= 0.6 is 0 Å². The molecule has 47 heavy (non-hydrogen) atoms. The summed E-state index contributed by atoms with van der Waals surface area (Å²) >= 11 is 0. The summed E-state index contributed by atoms with van der Waals surface area (Å²) in [5.74, 6) is 1.59. The summed E-state index contributed by atoms with van der Waals surface area (Å²) in [4.78, 5) is 4.94. The minimum absolute atomic E-state index is 0.307. The molecule has 0 aliphatic carbocycles. The van der Waals surface area contributed by atoms with Crippen LogP contribution in [0.25, 0.3) is 5.70 Å². The van der Waals surface area contributed by atoms with Gasteiger partial charge in [-0.05, 0) is 104 Å². The zero-order chi connectivity index (χ0) is 32.6. The Morgan fingerprint density at radius 1 is 0.851 bits per heavy atom. The maximum Gasteiger partial charge on any atom is 0.183 e. The van der Waals surface area contributed by atoms with Gasteiger partial charge in [0, 0.05) is 55.5 Å². The maximum atomic E-state index is 5.73.